The topological polar surface area (TPSA) is 87.3 Å². The van der Waals surface area contributed by atoms with Crippen molar-refractivity contribution in [2.24, 2.45) is 0 Å². The Morgan fingerprint density at radius 3 is 2.58 bits per heavy atom. The Balaban J connectivity index is 1.49. The van der Waals surface area contributed by atoms with Crippen LogP contribution in [0.2, 0.25) is 0 Å². The second kappa shape index (κ2) is 6.07. The number of nitrogens with one attached hydrogen (secondary N) is 3. The fourth-order valence-electron chi connectivity index (χ4n) is 3.75. The number of anilines is 2. The van der Waals surface area contributed by atoms with E-state index in [-0.39, 0.29) is 17.6 Å². The smallest absolute Gasteiger partial charge is 0.241 e. The van der Waals surface area contributed by atoms with Crippen LogP contribution in [0.4, 0.5) is 11.4 Å². The van der Waals surface area contributed by atoms with Gasteiger partial charge in [0.05, 0.1) is 11.5 Å². The van der Waals surface area contributed by atoms with Gasteiger partial charge in [-0.2, -0.15) is 0 Å². The molecule has 3 N–H and O–H groups in total. The van der Waals surface area contributed by atoms with Gasteiger partial charge in [0, 0.05) is 23.5 Å². The minimum Gasteiger partial charge on any atom is -0.325 e. The molecule has 4 rings (SSSR count). The second-order valence-electron chi connectivity index (χ2n) is 6.84. The maximum Gasteiger partial charge on any atom is 0.241 e. The Kier molecular flexibility index (Phi) is 3.85. The van der Waals surface area contributed by atoms with E-state index in [1.807, 2.05) is 24.3 Å². The molecular formula is C20H19N3O3. The number of carbonyl (C=O) groups is 3. The third kappa shape index (κ3) is 2.59. The molecule has 132 valence electrons. The lowest BCUT2D eigenvalue weighted by Gasteiger charge is -2.20. The average Bonchev–Trinajstić information content (AvgIpc) is 3.19. The highest BCUT2D eigenvalue weighted by atomic mass is 16.2. The molecular weight excluding hydrogens is 330 g/mol. The van der Waals surface area contributed by atoms with Crippen LogP contribution in [-0.2, 0) is 15.0 Å². The highest BCUT2D eigenvalue weighted by molar-refractivity contribution is 6.08. The summed E-state index contributed by atoms with van der Waals surface area (Å²) in [7, 11) is 0. The van der Waals surface area contributed by atoms with E-state index in [1.165, 1.54) is 6.92 Å². The lowest BCUT2D eigenvalue weighted by molar-refractivity contribution is -0.120. The van der Waals surface area contributed by atoms with E-state index < -0.39 is 11.5 Å². The number of para-hydroxylation sites is 1. The Morgan fingerprint density at radius 2 is 1.85 bits per heavy atom. The number of Topliss-reactive ketones (excluding diaryl/α,β-unsaturated/α-hetero) is 1. The fourth-order valence-corrected chi connectivity index (χ4v) is 3.75. The molecule has 0 radical (unpaired) electrons. The van der Waals surface area contributed by atoms with Crippen molar-refractivity contribution >= 4 is 29.0 Å². The van der Waals surface area contributed by atoms with Crippen molar-refractivity contribution in [2.45, 2.75) is 24.8 Å². The molecule has 2 unspecified atom stereocenters. The van der Waals surface area contributed by atoms with Crippen molar-refractivity contribution in [3.05, 3.63) is 59.7 Å². The third-order valence-electron chi connectivity index (χ3n) is 5.20. The van der Waals surface area contributed by atoms with Crippen LogP contribution in [0, 0.1) is 0 Å². The van der Waals surface area contributed by atoms with Crippen molar-refractivity contribution in [3.8, 4) is 0 Å². The molecule has 2 aliphatic heterocycles. The van der Waals surface area contributed by atoms with E-state index in [2.05, 4.69) is 16.0 Å². The SMILES string of the molecule is CC(=O)c1ccc(NC(=O)C2CC3(CN2)C(=O)Nc2ccccc23)cc1. The monoisotopic (exact) mass is 349 g/mol. The molecule has 0 saturated carbocycles. The number of carbonyl (C=O) groups excluding carboxylic acids is 3. The zero-order valence-electron chi connectivity index (χ0n) is 14.3. The zero-order valence-corrected chi connectivity index (χ0v) is 14.3. The van der Waals surface area contributed by atoms with Gasteiger partial charge in [0.1, 0.15) is 0 Å². The van der Waals surface area contributed by atoms with Crippen LogP contribution >= 0.6 is 0 Å². The second-order valence-corrected chi connectivity index (χ2v) is 6.84. The molecule has 2 aromatic carbocycles. The van der Waals surface area contributed by atoms with Crippen LogP contribution in [0.5, 0.6) is 0 Å². The molecule has 2 heterocycles. The Bertz CT molecular complexity index is 907. The third-order valence-corrected chi connectivity index (χ3v) is 5.20. The highest BCUT2D eigenvalue weighted by Gasteiger charge is 2.52. The van der Waals surface area contributed by atoms with Crippen LogP contribution in [0.25, 0.3) is 0 Å². The molecule has 1 fully saturated rings. The van der Waals surface area contributed by atoms with Gasteiger partial charge in [0.2, 0.25) is 11.8 Å². The summed E-state index contributed by atoms with van der Waals surface area (Å²) in [6.45, 7) is 1.93. The number of hydrogen-bond donors (Lipinski definition) is 3. The van der Waals surface area contributed by atoms with Gasteiger partial charge in [-0.15, -0.1) is 0 Å². The molecule has 0 aromatic heterocycles. The van der Waals surface area contributed by atoms with Gasteiger partial charge in [-0.1, -0.05) is 18.2 Å². The van der Waals surface area contributed by atoms with E-state index in [0.717, 1.165) is 11.3 Å². The van der Waals surface area contributed by atoms with Crippen molar-refractivity contribution in [1.82, 2.24) is 5.32 Å². The van der Waals surface area contributed by atoms with Gasteiger partial charge in [-0.05, 0) is 49.2 Å². The Hall–Kier alpha value is -2.99. The maximum absolute atomic E-state index is 12.6. The van der Waals surface area contributed by atoms with Gasteiger partial charge < -0.3 is 16.0 Å². The summed E-state index contributed by atoms with van der Waals surface area (Å²) >= 11 is 0. The summed E-state index contributed by atoms with van der Waals surface area (Å²) in [4.78, 5) is 36.5. The van der Waals surface area contributed by atoms with Crippen LogP contribution in [0.1, 0.15) is 29.3 Å². The van der Waals surface area contributed by atoms with Gasteiger partial charge in [0.15, 0.2) is 5.78 Å². The highest BCUT2D eigenvalue weighted by Crippen LogP contribution is 2.43. The first-order chi connectivity index (χ1) is 12.5. The predicted octanol–water partition coefficient (Wildman–Crippen LogP) is 2.08. The molecule has 26 heavy (non-hydrogen) atoms. The molecule has 2 amide bonds. The van der Waals surface area contributed by atoms with E-state index >= 15 is 0 Å². The number of hydrogen-bond acceptors (Lipinski definition) is 4. The fraction of sp³-hybridized carbons (Fsp3) is 0.250. The van der Waals surface area contributed by atoms with Gasteiger partial charge >= 0.3 is 0 Å². The first kappa shape index (κ1) is 16.5. The number of rotatable bonds is 3. The van der Waals surface area contributed by atoms with Crippen molar-refractivity contribution in [2.75, 3.05) is 17.2 Å². The number of benzene rings is 2. The molecule has 2 aliphatic rings. The molecule has 0 aliphatic carbocycles. The number of amides is 2. The minimum atomic E-state index is -0.697. The largest absolute Gasteiger partial charge is 0.325 e. The molecule has 6 nitrogen and oxygen atoms in total. The summed E-state index contributed by atoms with van der Waals surface area (Å²) < 4.78 is 0. The van der Waals surface area contributed by atoms with Crippen LogP contribution in [0.3, 0.4) is 0 Å². The van der Waals surface area contributed by atoms with Crippen molar-refractivity contribution in [1.29, 1.82) is 0 Å². The van der Waals surface area contributed by atoms with E-state index in [4.69, 9.17) is 0 Å². The molecule has 0 bridgehead atoms. The molecule has 2 aromatic rings. The zero-order chi connectivity index (χ0) is 18.3. The Labute approximate surface area is 151 Å². The Morgan fingerprint density at radius 1 is 1.12 bits per heavy atom. The molecule has 1 saturated heterocycles. The summed E-state index contributed by atoms with van der Waals surface area (Å²) in [5, 5.41) is 8.95. The van der Waals surface area contributed by atoms with E-state index in [0.29, 0.717) is 24.2 Å². The lowest BCUT2D eigenvalue weighted by Crippen LogP contribution is -2.36. The van der Waals surface area contributed by atoms with Crippen molar-refractivity contribution in [3.63, 3.8) is 0 Å². The first-order valence-electron chi connectivity index (χ1n) is 8.56. The van der Waals surface area contributed by atoms with Crippen LogP contribution < -0.4 is 16.0 Å². The summed E-state index contributed by atoms with van der Waals surface area (Å²) in [5.41, 5.74) is 2.29. The van der Waals surface area contributed by atoms with E-state index in [1.54, 1.807) is 24.3 Å². The number of fused-ring (bicyclic) bond motifs is 2. The van der Waals surface area contributed by atoms with Gasteiger partial charge in [-0.3, -0.25) is 14.4 Å². The maximum atomic E-state index is 12.6. The first-order valence-corrected chi connectivity index (χ1v) is 8.56. The minimum absolute atomic E-state index is 0.0202. The summed E-state index contributed by atoms with van der Waals surface area (Å²) in [5.74, 6) is -0.268. The van der Waals surface area contributed by atoms with Crippen LogP contribution in [-0.4, -0.2) is 30.2 Å². The van der Waals surface area contributed by atoms with E-state index in [9.17, 15) is 14.4 Å². The normalized spacial score (nSPS) is 23.6. The molecule has 2 atom stereocenters. The lowest BCUT2D eigenvalue weighted by atomic mass is 9.79. The predicted molar refractivity (Wildman–Crippen MR) is 98.2 cm³/mol. The van der Waals surface area contributed by atoms with Gasteiger partial charge in [-0.25, -0.2) is 0 Å². The number of ketones is 1. The van der Waals surface area contributed by atoms with Crippen LogP contribution in [0.15, 0.2) is 48.5 Å². The molecule has 6 heteroatoms. The van der Waals surface area contributed by atoms with Gasteiger partial charge in [0.25, 0.3) is 0 Å². The summed E-state index contributed by atoms with van der Waals surface area (Å²) in [6.07, 6.45) is 0.410. The standard InChI is InChI=1S/C20H19N3O3/c1-12(24)13-6-8-14(9-7-13)22-18(25)17-10-20(11-21-17)15-4-2-3-5-16(15)23-19(20)26/h2-9,17,21H,10-11H2,1H3,(H,22,25)(H,23,26). The summed E-state index contributed by atoms with van der Waals surface area (Å²) in [6, 6.07) is 13.9. The quantitative estimate of drug-likeness (QED) is 0.741. The van der Waals surface area contributed by atoms with Crippen molar-refractivity contribution < 1.29 is 14.4 Å². The average molecular weight is 349 g/mol. The molecule has 1 spiro atoms.